The van der Waals surface area contributed by atoms with Gasteiger partial charge in [-0.1, -0.05) is 0 Å². The van der Waals surface area contributed by atoms with Gasteiger partial charge in [0.1, 0.15) is 5.69 Å². The number of aromatic nitrogens is 1. The van der Waals surface area contributed by atoms with Gasteiger partial charge < -0.3 is 24.5 Å². The van der Waals surface area contributed by atoms with Crippen molar-refractivity contribution in [3.05, 3.63) is 42.2 Å². The van der Waals surface area contributed by atoms with Gasteiger partial charge in [-0.2, -0.15) is 0 Å². The standard InChI is InChI=1S/C17H20N2O5/c1-3-22-14-8-7-12(10-15(14)23-4-2)19-16(20)11-24-17(21)13-6-5-9-18-13/h5-10,18H,3-4,11H2,1-2H3,(H,19,20). The second-order valence-corrected chi connectivity index (χ2v) is 4.74. The molecule has 0 saturated carbocycles. The number of aromatic amines is 1. The number of carbonyl (C=O) groups excluding carboxylic acids is 2. The van der Waals surface area contributed by atoms with Gasteiger partial charge in [0.25, 0.3) is 5.91 Å². The lowest BCUT2D eigenvalue weighted by atomic mass is 10.2. The fourth-order valence-corrected chi connectivity index (χ4v) is 1.99. The molecular formula is C17H20N2O5. The van der Waals surface area contributed by atoms with Gasteiger partial charge in [0, 0.05) is 18.0 Å². The van der Waals surface area contributed by atoms with Crippen molar-refractivity contribution in [3.8, 4) is 11.5 Å². The molecule has 1 aromatic heterocycles. The molecule has 0 saturated heterocycles. The van der Waals surface area contributed by atoms with Crippen LogP contribution in [0, 0.1) is 0 Å². The first-order valence-corrected chi connectivity index (χ1v) is 7.64. The van der Waals surface area contributed by atoms with Crippen molar-refractivity contribution in [2.45, 2.75) is 13.8 Å². The van der Waals surface area contributed by atoms with E-state index in [2.05, 4.69) is 10.3 Å². The highest BCUT2D eigenvalue weighted by atomic mass is 16.5. The van der Waals surface area contributed by atoms with Crippen LogP contribution in [0.1, 0.15) is 24.3 Å². The number of esters is 1. The van der Waals surface area contributed by atoms with Crippen molar-refractivity contribution in [2.24, 2.45) is 0 Å². The number of nitrogens with one attached hydrogen (secondary N) is 2. The van der Waals surface area contributed by atoms with Crippen LogP contribution in [0.25, 0.3) is 0 Å². The van der Waals surface area contributed by atoms with Gasteiger partial charge in [-0.15, -0.1) is 0 Å². The molecular weight excluding hydrogens is 312 g/mol. The summed E-state index contributed by atoms with van der Waals surface area (Å²) in [5.41, 5.74) is 0.824. The highest BCUT2D eigenvalue weighted by Gasteiger charge is 2.12. The Morgan fingerprint density at radius 3 is 2.50 bits per heavy atom. The van der Waals surface area contributed by atoms with Crippen LogP contribution in [0.5, 0.6) is 11.5 Å². The van der Waals surface area contributed by atoms with E-state index in [0.29, 0.717) is 36.1 Å². The number of H-pyrrole nitrogens is 1. The minimum Gasteiger partial charge on any atom is -0.490 e. The molecule has 0 aliphatic heterocycles. The summed E-state index contributed by atoms with van der Waals surface area (Å²) in [5.74, 6) is 0.120. The Kier molecular flexibility index (Phi) is 6.24. The number of hydrogen-bond donors (Lipinski definition) is 2. The highest BCUT2D eigenvalue weighted by Crippen LogP contribution is 2.30. The smallest absolute Gasteiger partial charge is 0.355 e. The third kappa shape index (κ3) is 4.77. The SMILES string of the molecule is CCOc1ccc(NC(=O)COC(=O)c2ccc[nH]2)cc1OCC. The Morgan fingerprint density at radius 1 is 1.08 bits per heavy atom. The fourth-order valence-electron chi connectivity index (χ4n) is 1.99. The predicted octanol–water partition coefficient (Wildman–Crippen LogP) is 2.61. The Morgan fingerprint density at radius 2 is 1.83 bits per heavy atom. The monoisotopic (exact) mass is 332 g/mol. The molecule has 2 N–H and O–H groups in total. The highest BCUT2D eigenvalue weighted by molar-refractivity contribution is 5.95. The van der Waals surface area contributed by atoms with Gasteiger partial charge in [0.15, 0.2) is 18.1 Å². The van der Waals surface area contributed by atoms with E-state index in [9.17, 15) is 9.59 Å². The van der Waals surface area contributed by atoms with Gasteiger partial charge in [-0.3, -0.25) is 4.79 Å². The number of amides is 1. The molecule has 24 heavy (non-hydrogen) atoms. The molecule has 1 amide bonds. The van der Waals surface area contributed by atoms with Crippen molar-refractivity contribution in [2.75, 3.05) is 25.1 Å². The molecule has 0 aliphatic carbocycles. The van der Waals surface area contributed by atoms with Gasteiger partial charge in [0.05, 0.1) is 13.2 Å². The Hall–Kier alpha value is -2.96. The minimum atomic E-state index is -0.586. The van der Waals surface area contributed by atoms with E-state index in [-0.39, 0.29) is 6.61 Å². The number of benzene rings is 1. The van der Waals surface area contributed by atoms with E-state index in [4.69, 9.17) is 14.2 Å². The van der Waals surface area contributed by atoms with Crippen LogP contribution in [0.2, 0.25) is 0 Å². The van der Waals surface area contributed by atoms with Gasteiger partial charge in [0.2, 0.25) is 0 Å². The first kappa shape index (κ1) is 17.4. The molecule has 128 valence electrons. The van der Waals surface area contributed by atoms with Crippen LogP contribution < -0.4 is 14.8 Å². The predicted molar refractivity (Wildman–Crippen MR) is 88.5 cm³/mol. The van der Waals surface area contributed by atoms with E-state index >= 15 is 0 Å². The maximum Gasteiger partial charge on any atom is 0.355 e. The number of ether oxygens (including phenoxy) is 3. The van der Waals surface area contributed by atoms with E-state index in [1.54, 1.807) is 36.5 Å². The number of rotatable bonds is 8. The van der Waals surface area contributed by atoms with Crippen LogP contribution in [-0.4, -0.2) is 36.7 Å². The summed E-state index contributed by atoms with van der Waals surface area (Å²) in [4.78, 5) is 26.3. The zero-order chi connectivity index (χ0) is 17.4. The van der Waals surface area contributed by atoms with Crippen molar-refractivity contribution in [1.29, 1.82) is 0 Å². The summed E-state index contributed by atoms with van der Waals surface area (Å²) >= 11 is 0. The zero-order valence-electron chi connectivity index (χ0n) is 13.6. The third-order valence-electron chi connectivity index (χ3n) is 2.98. The maximum absolute atomic E-state index is 11.9. The molecule has 0 radical (unpaired) electrons. The molecule has 0 bridgehead atoms. The van der Waals surface area contributed by atoms with E-state index < -0.39 is 11.9 Å². The van der Waals surface area contributed by atoms with Crippen LogP contribution in [0.3, 0.4) is 0 Å². The van der Waals surface area contributed by atoms with Crippen molar-refractivity contribution < 1.29 is 23.8 Å². The molecule has 1 aromatic carbocycles. The van der Waals surface area contributed by atoms with Gasteiger partial charge in [-0.25, -0.2) is 4.79 Å². The van der Waals surface area contributed by atoms with Crippen molar-refractivity contribution in [3.63, 3.8) is 0 Å². The van der Waals surface area contributed by atoms with Crippen LogP contribution >= 0.6 is 0 Å². The van der Waals surface area contributed by atoms with Crippen molar-refractivity contribution in [1.82, 2.24) is 4.98 Å². The van der Waals surface area contributed by atoms with Crippen molar-refractivity contribution >= 4 is 17.6 Å². The first-order valence-electron chi connectivity index (χ1n) is 7.64. The summed E-state index contributed by atoms with van der Waals surface area (Å²) in [6.07, 6.45) is 1.60. The third-order valence-corrected chi connectivity index (χ3v) is 2.98. The number of carbonyl (C=O) groups is 2. The number of anilines is 1. The first-order chi connectivity index (χ1) is 11.6. The van der Waals surface area contributed by atoms with Gasteiger partial charge >= 0.3 is 5.97 Å². The molecule has 2 rings (SSSR count). The molecule has 0 spiro atoms. The van der Waals surface area contributed by atoms with Crippen LogP contribution in [-0.2, 0) is 9.53 Å². The lowest BCUT2D eigenvalue weighted by Crippen LogP contribution is -2.21. The second-order valence-electron chi connectivity index (χ2n) is 4.74. The van der Waals surface area contributed by atoms with Crippen LogP contribution in [0.4, 0.5) is 5.69 Å². The number of hydrogen-bond acceptors (Lipinski definition) is 5. The lowest BCUT2D eigenvalue weighted by Gasteiger charge is -2.13. The average Bonchev–Trinajstić information content (AvgIpc) is 3.10. The second kappa shape index (κ2) is 8.61. The van der Waals surface area contributed by atoms with E-state index in [1.807, 2.05) is 13.8 Å². The zero-order valence-corrected chi connectivity index (χ0v) is 13.6. The van der Waals surface area contributed by atoms with E-state index in [1.165, 1.54) is 0 Å². The van der Waals surface area contributed by atoms with Gasteiger partial charge in [-0.05, 0) is 38.1 Å². The summed E-state index contributed by atoms with van der Waals surface area (Å²) in [7, 11) is 0. The average molecular weight is 332 g/mol. The quantitative estimate of drug-likeness (QED) is 0.725. The molecule has 7 nitrogen and oxygen atoms in total. The normalized spacial score (nSPS) is 10.1. The molecule has 0 fully saturated rings. The fraction of sp³-hybridized carbons (Fsp3) is 0.294. The Bertz CT molecular complexity index is 682. The molecule has 0 unspecified atom stereocenters. The molecule has 2 aromatic rings. The maximum atomic E-state index is 11.9. The topological polar surface area (TPSA) is 89.6 Å². The Labute approximate surface area is 139 Å². The Balaban J connectivity index is 1.93. The molecule has 7 heteroatoms. The molecule has 0 atom stereocenters. The molecule has 1 heterocycles. The summed E-state index contributed by atoms with van der Waals surface area (Å²) < 4.78 is 15.9. The van der Waals surface area contributed by atoms with Crippen LogP contribution in [0.15, 0.2) is 36.5 Å². The van der Waals surface area contributed by atoms with E-state index in [0.717, 1.165) is 0 Å². The summed E-state index contributed by atoms with van der Waals surface area (Å²) in [6, 6.07) is 8.32. The summed E-state index contributed by atoms with van der Waals surface area (Å²) in [6.45, 7) is 4.35. The lowest BCUT2D eigenvalue weighted by molar-refractivity contribution is -0.119. The minimum absolute atomic E-state index is 0.294. The summed E-state index contributed by atoms with van der Waals surface area (Å²) in [5, 5.41) is 2.65. The largest absolute Gasteiger partial charge is 0.490 e. The molecule has 0 aliphatic rings.